The number of rotatable bonds is 8. The van der Waals surface area contributed by atoms with Crippen LogP contribution in [0, 0.1) is 11.8 Å². The van der Waals surface area contributed by atoms with Crippen molar-refractivity contribution in [2.45, 2.75) is 50.0 Å². The normalized spacial score (nSPS) is 30.6. The summed E-state index contributed by atoms with van der Waals surface area (Å²) in [6.07, 6.45) is 8.86. The molecule has 1 spiro atoms. The molecule has 2 aromatic rings. The van der Waals surface area contributed by atoms with Gasteiger partial charge in [-0.05, 0) is 42.7 Å². The van der Waals surface area contributed by atoms with Crippen LogP contribution in [0.15, 0.2) is 78.9 Å². The largest absolute Gasteiger partial charge is 0.497 e. The molecule has 3 amide bonds. The van der Waals surface area contributed by atoms with Gasteiger partial charge in [0.15, 0.2) is 0 Å². The molecule has 4 heterocycles. The molecule has 4 aliphatic heterocycles. The second-order valence-corrected chi connectivity index (χ2v) is 11.7. The molecule has 9 heteroatoms. The van der Waals surface area contributed by atoms with Crippen LogP contribution in [0.4, 0.5) is 5.69 Å². The quantitative estimate of drug-likeness (QED) is 0.477. The first kappa shape index (κ1) is 29.1. The summed E-state index contributed by atoms with van der Waals surface area (Å²) >= 11 is 0. The molecule has 2 aromatic carbocycles. The van der Waals surface area contributed by atoms with Gasteiger partial charge in [-0.1, -0.05) is 68.5 Å². The average molecular weight is 586 g/mol. The van der Waals surface area contributed by atoms with E-state index in [2.05, 4.69) is 0 Å². The van der Waals surface area contributed by atoms with E-state index in [0.717, 1.165) is 6.42 Å². The van der Waals surface area contributed by atoms with Crippen LogP contribution >= 0.6 is 0 Å². The van der Waals surface area contributed by atoms with Crippen LogP contribution in [0.3, 0.4) is 0 Å². The van der Waals surface area contributed by atoms with E-state index in [-0.39, 0.29) is 24.3 Å². The predicted molar refractivity (Wildman–Crippen MR) is 161 cm³/mol. The van der Waals surface area contributed by atoms with Gasteiger partial charge < -0.3 is 29.3 Å². The standard InChI is InChI=1S/C34H39N3O6/c1-4-19-35-20-9-17-33(5-2)27(30(35)39)28-31(40)37(26(22-38)23-11-7-6-8-12-23)29-32(41)36(21-10-18-34(28,29)43-33)24-13-15-25(42-3)16-14-24/h6-18,26-29,38H,4-5,19-22H2,1-3H3/t26-,27+,28+,29?,33-,34+/m1/s1. The second-order valence-electron chi connectivity index (χ2n) is 11.7. The summed E-state index contributed by atoms with van der Waals surface area (Å²) in [5.41, 5.74) is -1.11. The second kappa shape index (κ2) is 11.3. The summed E-state index contributed by atoms with van der Waals surface area (Å²) in [7, 11) is 1.58. The predicted octanol–water partition coefficient (Wildman–Crippen LogP) is 3.50. The van der Waals surface area contributed by atoms with Gasteiger partial charge in [0.2, 0.25) is 11.8 Å². The van der Waals surface area contributed by atoms with Crippen molar-refractivity contribution in [3.05, 3.63) is 84.5 Å². The Hall–Kier alpha value is -3.95. The zero-order chi connectivity index (χ0) is 30.4. The molecule has 6 atom stereocenters. The smallest absolute Gasteiger partial charge is 0.253 e. The molecule has 226 valence electrons. The molecule has 0 aliphatic carbocycles. The van der Waals surface area contributed by atoms with E-state index in [1.54, 1.807) is 29.0 Å². The maximum absolute atomic E-state index is 14.9. The third kappa shape index (κ3) is 4.40. The van der Waals surface area contributed by atoms with Gasteiger partial charge in [0.05, 0.1) is 37.2 Å². The Labute approximate surface area is 252 Å². The Morgan fingerprint density at radius 2 is 1.65 bits per heavy atom. The van der Waals surface area contributed by atoms with Crippen LogP contribution in [-0.4, -0.2) is 83.2 Å². The number of likely N-dealkylation sites (tertiary alicyclic amines) is 1. The SMILES string of the molecule is CCCN1CC=C[C@@]2(CC)O[C@]34C=CCN(c5ccc(OC)cc5)C(=O)C3N([C@H](CO)c3ccccc3)C(=O)[C@@H]4[C@H]2C1=O. The molecule has 43 heavy (non-hydrogen) atoms. The first-order chi connectivity index (χ1) is 20.9. The molecule has 4 aliphatic rings. The van der Waals surface area contributed by atoms with Gasteiger partial charge in [0, 0.05) is 25.3 Å². The van der Waals surface area contributed by atoms with Crippen LogP contribution in [0.5, 0.6) is 5.75 Å². The molecule has 0 saturated carbocycles. The minimum atomic E-state index is -1.41. The van der Waals surface area contributed by atoms with Crippen LogP contribution < -0.4 is 9.64 Å². The van der Waals surface area contributed by atoms with Crippen molar-refractivity contribution < 1.29 is 29.0 Å². The number of fused-ring (bicyclic) bond motifs is 2. The van der Waals surface area contributed by atoms with E-state index >= 15 is 0 Å². The fourth-order valence-electron chi connectivity index (χ4n) is 7.58. The molecule has 2 fully saturated rings. The summed E-state index contributed by atoms with van der Waals surface area (Å²) in [6, 6.07) is 14.5. The van der Waals surface area contributed by atoms with Crippen LogP contribution in [-0.2, 0) is 19.1 Å². The average Bonchev–Trinajstić information content (AvgIpc) is 3.33. The molecule has 1 unspecified atom stereocenters. The number of carbonyl (C=O) groups is 3. The molecule has 0 bridgehead atoms. The first-order valence-corrected chi connectivity index (χ1v) is 15.1. The molecular weight excluding hydrogens is 546 g/mol. The number of hydrogen-bond donors (Lipinski definition) is 1. The highest BCUT2D eigenvalue weighted by Crippen LogP contribution is 2.59. The van der Waals surface area contributed by atoms with Crippen molar-refractivity contribution in [3.8, 4) is 5.75 Å². The van der Waals surface area contributed by atoms with Crippen molar-refractivity contribution >= 4 is 23.4 Å². The van der Waals surface area contributed by atoms with Gasteiger partial charge in [-0.15, -0.1) is 0 Å². The Morgan fingerprint density at radius 3 is 2.30 bits per heavy atom. The number of hydrogen-bond acceptors (Lipinski definition) is 6. The number of ether oxygens (including phenoxy) is 2. The van der Waals surface area contributed by atoms with Crippen molar-refractivity contribution in [1.29, 1.82) is 0 Å². The number of carbonyl (C=O) groups excluding carboxylic acids is 3. The fourth-order valence-corrected chi connectivity index (χ4v) is 7.58. The summed E-state index contributed by atoms with van der Waals surface area (Å²) in [4.78, 5) is 48.9. The topological polar surface area (TPSA) is 99.6 Å². The maximum Gasteiger partial charge on any atom is 0.253 e. The molecule has 6 rings (SSSR count). The number of anilines is 1. The monoisotopic (exact) mass is 585 g/mol. The van der Waals surface area contributed by atoms with Crippen molar-refractivity contribution in [2.75, 3.05) is 38.3 Å². The van der Waals surface area contributed by atoms with Crippen LogP contribution in [0.1, 0.15) is 38.3 Å². The zero-order valence-corrected chi connectivity index (χ0v) is 24.9. The number of aliphatic hydroxyl groups excluding tert-OH is 1. The summed E-state index contributed by atoms with van der Waals surface area (Å²) in [5, 5.41) is 10.8. The first-order valence-electron chi connectivity index (χ1n) is 15.1. The Balaban J connectivity index is 1.53. The summed E-state index contributed by atoms with van der Waals surface area (Å²) in [6.45, 7) is 4.84. The van der Waals surface area contributed by atoms with Crippen molar-refractivity contribution in [1.82, 2.24) is 9.80 Å². The minimum Gasteiger partial charge on any atom is -0.497 e. The number of nitrogens with zero attached hydrogens (tertiary/aromatic N) is 3. The molecule has 2 saturated heterocycles. The highest BCUT2D eigenvalue weighted by molar-refractivity contribution is 6.06. The fraction of sp³-hybridized carbons (Fsp3) is 0.441. The number of benzene rings is 2. The van der Waals surface area contributed by atoms with Gasteiger partial charge in [0.25, 0.3) is 5.91 Å². The number of amides is 3. The van der Waals surface area contributed by atoms with Gasteiger partial charge in [-0.25, -0.2) is 0 Å². The summed E-state index contributed by atoms with van der Waals surface area (Å²) < 4.78 is 12.4. The Morgan fingerprint density at radius 1 is 0.930 bits per heavy atom. The Bertz CT molecular complexity index is 1440. The highest BCUT2D eigenvalue weighted by Gasteiger charge is 2.76. The number of aliphatic hydroxyl groups is 1. The number of methoxy groups -OCH3 is 1. The minimum absolute atomic E-state index is 0.137. The lowest BCUT2D eigenvalue weighted by Gasteiger charge is -2.41. The zero-order valence-electron chi connectivity index (χ0n) is 24.9. The van der Waals surface area contributed by atoms with E-state index < -0.39 is 41.7 Å². The lowest BCUT2D eigenvalue weighted by atomic mass is 9.73. The van der Waals surface area contributed by atoms with Gasteiger partial charge in [0.1, 0.15) is 17.4 Å². The third-order valence-electron chi connectivity index (χ3n) is 9.53. The van der Waals surface area contributed by atoms with E-state index in [1.165, 1.54) is 4.90 Å². The highest BCUT2D eigenvalue weighted by atomic mass is 16.5. The van der Waals surface area contributed by atoms with Gasteiger partial charge >= 0.3 is 0 Å². The van der Waals surface area contributed by atoms with E-state index in [0.29, 0.717) is 36.5 Å². The molecule has 1 N–H and O–H groups in total. The molecular formula is C34H39N3O6. The lowest BCUT2D eigenvalue weighted by Crippen LogP contribution is -2.57. The molecule has 9 nitrogen and oxygen atoms in total. The van der Waals surface area contributed by atoms with E-state index in [1.807, 2.05) is 80.6 Å². The summed E-state index contributed by atoms with van der Waals surface area (Å²) in [5.74, 6) is -1.93. The molecule has 0 aromatic heterocycles. The van der Waals surface area contributed by atoms with Gasteiger partial charge in [-0.2, -0.15) is 0 Å². The van der Waals surface area contributed by atoms with E-state index in [9.17, 15) is 19.5 Å². The third-order valence-corrected chi connectivity index (χ3v) is 9.53. The Kier molecular flexibility index (Phi) is 7.64. The van der Waals surface area contributed by atoms with Crippen molar-refractivity contribution in [3.63, 3.8) is 0 Å². The van der Waals surface area contributed by atoms with E-state index in [4.69, 9.17) is 9.47 Å². The lowest BCUT2D eigenvalue weighted by molar-refractivity contribution is -0.152. The molecule has 0 radical (unpaired) electrons. The maximum atomic E-state index is 14.9. The van der Waals surface area contributed by atoms with Crippen LogP contribution in [0.2, 0.25) is 0 Å². The van der Waals surface area contributed by atoms with Crippen molar-refractivity contribution in [2.24, 2.45) is 11.8 Å². The van der Waals surface area contributed by atoms with Crippen LogP contribution in [0.25, 0.3) is 0 Å². The van der Waals surface area contributed by atoms with Gasteiger partial charge in [-0.3, -0.25) is 14.4 Å².